The van der Waals surface area contributed by atoms with Crippen LogP contribution in [0.3, 0.4) is 0 Å². The van der Waals surface area contributed by atoms with E-state index in [1.165, 1.54) is 13.2 Å². The third kappa shape index (κ3) is 4.37. The predicted octanol–water partition coefficient (Wildman–Crippen LogP) is 3.64. The molecule has 0 aliphatic heterocycles. The van der Waals surface area contributed by atoms with Crippen LogP contribution in [-0.4, -0.2) is 49.8 Å². The topological polar surface area (TPSA) is 43.7 Å². The second kappa shape index (κ2) is 8.21. The lowest BCUT2D eigenvalue weighted by atomic mass is 10.0. The molecule has 8 heteroatoms. The van der Waals surface area contributed by atoms with Crippen molar-refractivity contribution in [3.05, 3.63) is 29.0 Å². The number of fused-ring (bicyclic) bond motifs is 1. The molecule has 0 radical (unpaired) electrons. The van der Waals surface area contributed by atoms with Crippen molar-refractivity contribution in [2.24, 2.45) is 0 Å². The molecule has 150 valence electrons. The molecule has 1 heterocycles. The van der Waals surface area contributed by atoms with Crippen molar-refractivity contribution < 1.29 is 27.4 Å². The number of methoxy groups -OCH3 is 1. The second-order valence-corrected chi connectivity index (χ2v) is 6.54. The Morgan fingerprint density at radius 3 is 2.44 bits per heavy atom. The zero-order chi connectivity index (χ0) is 20.4. The molecule has 0 fully saturated rings. The monoisotopic (exact) mass is 386 g/mol. The number of nitrogens with zero attached hydrogens (tertiary/aromatic N) is 2. The van der Waals surface area contributed by atoms with Crippen molar-refractivity contribution in [2.45, 2.75) is 33.0 Å². The van der Waals surface area contributed by atoms with Crippen LogP contribution in [0.15, 0.2) is 12.1 Å². The van der Waals surface area contributed by atoms with Crippen molar-refractivity contribution in [3.8, 4) is 5.75 Å². The fraction of sp³-hybridized carbons (Fsp3) is 0.526. The molecule has 0 amide bonds. The Balaban J connectivity index is 2.83. The minimum atomic E-state index is -4.62. The highest BCUT2D eigenvalue weighted by Gasteiger charge is 2.39. The van der Waals surface area contributed by atoms with Crippen LogP contribution in [-0.2, 0) is 28.7 Å². The molecule has 5 nitrogen and oxygen atoms in total. The SMILES string of the molecule is CCOc1ccc2c(c(CC(=O)OC)c(C)n2CCN(C)C)c1C(F)(F)F. The molecule has 0 aliphatic carbocycles. The van der Waals surface area contributed by atoms with Crippen LogP contribution in [0.5, 0.6) is 5.75 Å². The van der Waals surface area contributed by atoms with Crippen molar-refractivity contribution in [3.63, 3.8) is 0 Å². The number of likely N-dealkylation sites (N-methyl/N-ethyl adjacent to an activating group) is 1. The number of carbonyl (C=O) groups is 1. The molecule has 0 spiro atoms. The number of alkyl halides is 3. The van der Waals surface area contributed by atoms with Crippen molar-refractivity contribution in [1.82, 2.24) is 9.47 Å². The number of ether oxygens (including phenoxy) is 2. The summed E-state index contributed by atoms with van der Waals surface area (Å²) in [6, 6.07) is 2.97. The van der Waals surface area contributed by atoms with E-state index in [4.69, 9.17) is 9.47 Å². The number of aromatic nitrogens is 1. The van der Waals surface area contributed by atoms with Crippen molar-refractivity contribution in [2.75, 3.05) is 34.4 Å². The van der Waals surface area contributed by atoms with E-state index in [0.717, 1.165) is 0 Å². The highest BCUT2D eigenvalue weighted by Crippen LogP contribution is 2.44. The van der Waals surface area contributed by atoms with Gasteiger partial charge in [-0.15, -0.1) is 0 Å². The maximum Gasteiger partial charge on any atom is 0.420 e. The molecular formula is C19H25F3N2O3. The fourth-order valence-corrected chi connectivity index (χ4v) is 3.21. The lowest BCUT2D eigenvalue weighted by Gasteiger charge is -2.16. The van der Waals surface area contributed by atoms with Gasteiger partial charge in [-0.2, -0.15) is 13.2 Å². The van der Waals surface area contributed by atoms with Gasteiger partial charge in [-0.3, -0.25) is 4.79 Å². The third-order valence-electron chi connectivity index (χ3n) is 4.48. The van der Waals surface area contributed by atoms with Crippen LogP contribution in [0.25, 0.3) is 10.9 Å². The Kier molecular flexibility index (Phi) is 6.41. The molecular weight excluding hydrogens is 361 g/mol. The highest BCUT2D eigenvalue weighted by atomic mass is 19.4. The number of hydrogen-bond acceptors (Lipinski definition) is 4. The van der Waals surface area contributed by atoms with Gasteiger partial charge in [0.05, 0.1) is 20.1 Å². The first-order valence-electron chi connectivity index (χ1n) is 8.68. The molecule has 0 unspecified atom stereocenters. The first kappa shape index (κ1) is 21.1. The van der Waals surface area contributed by atoms with Gasteiger partial charge in [-0.05, 0) is 45.6 Å². The normalized spacial score (nSPS) is 12.0. The maximum atomic E-state index is 13.9. The van der Waals surface area contributed by atoms with Crippen LogP contribution >= 0.6 is 0 Å². The summed E-state index contributed by atoms with van der Waals surface area (Å²) < 4.78 is 53.6. The van der Waals surface area contributed by atoms with E-state index in [0.29, 0.717) is 29.9 Å². The van der Waals surface area contributed by atoms with E-state index >= 15 is 0 Å². The minimum Gasteiger partial charge on any atom is -0.493 e. The molecule has 1 aromatic carbocycles. The number of carbonyl (C=O) groups excluding carboxylic acids is 1. The van der Waals surface area contributed by atoms with Gasteiger partial charge in [0.1, 0.15) is 11.3 Å². The maximum absolute atomic E-state index is 13.9. The largest absolute Gasteiger partial charge is 0.493 e. The molecule has 2 rings (SSSR count). The van der Waals surface area contributed by atoms with Gasteiger partial charge < -0.3 is 18.9 Å². The smallest absolute Gasteiger partial charge is 0.420 e. The number of hydrogen-bond donors (Lipinski definition) is 0. The average molecular weight is 386 g/mol. The zero-order valence-electron chi connectivity index (χ0n) is 16.2. The molecule has 0 atom stereocenters. The number of rotatable bonds is 7. The average Bonchev–Trinajstić information content (AvgIpc) is 2.83. The molecule has 0 N–H and O–H groups in total. The van der Waals surface area contributed by atoms with Crippen molar-refractivity contribution >= 4 is 16.9 Å². The summed E-state index contributed by atoms with van der Waals surface area (Å²) >= 11 is 0. The summed E-state index contributed by atoms with van der Waals surface area (Å²) in [4.78, 5) is 13.8. The van der Waals surface area contributed by atoms with Gasteiger partial charge in [0.15, 0.2) is 0 Å². The standard InChI is InChI=1S/C19H25F3N2O3/c1-6-27-15-8-7-14-17(18(15)19(20,21)22)13(11-16(25)26-5)12(2)24(14)10-9-23(3)4/h7-8H,6,9-11H2,1-5H3. The molecule has 27 heavy (non-hydrogen) atoms. The van der Waals surface area contributed by atoms with Crippen LogP contribution in [0.1, 0.15) is 23.7 Å². The van der Waals surface area contributed by atoms with Gasteiger partial charge in [-0.1, -0.05) is 0 Å². The molecule has 2 aromatic rings. The van der Waals surface area contributed by atoms with E-state index in [2.05, 4.69) is 0 Å². The summed E-state index contributed by atoms with van der Waals surface area (Å²) in [6.07, 6.45) is -4.85. The van der Waals surface area contributed by atoms with E-state index in [1.807, 2.05) is 23.6 Å². The van der Waals surface area contributed by atoms with Crippen LogP contribution in [0.4, 0.5) is 13.2 Å². The molecule has 0 bridgehead atoms. The molecule has 1 aromatic heterocycles. The molecule has 0 aliphatic rings. The van der Waals surface area contributed by atoms with Gasteiger partial charge in [0.2, 0.25) is 0 Å². The van der Waals surface area contributed by atoms with E-state index in [1.54, 1.807) is 19.9 Å². The molecule has 0 saturated heterocycles. The number of esters is 1. The predicted molar refractivity (Wildman–Crippen MR) is 97.1 cm³/mol. The molecule has 0 saturated carbocycles. The number of halogens is 3. The number of benzene rings is 1. The Hall–Kier alpha value is -2.22. The van der Waals surface area contributed by atoms with E-state index < -0.39 is 17.7 Å². The minimum absolute atomic E-state index is 0.00936. The first-order valence-corrected chi connectivity index (χ1v) is 8.68. The van der Waals surface area contributed by atoms with E-state index in [9.17, 15) is 18.0 Å². The second-order valence-electron chi connectivity index (χ2n) is 6.54. The highest BCUT2D eigenvalue weighted by molar-refractivity contribution is 5.94. The summed E-state index contributed by atoms with van der Waals surface area (Å²) in [7, 11) is 5.01. The Labute approximate surface area is 156 Å². The quantitative estimate of drug-likeness (QED) is 0.682. The summed E-state index contributed by atoms with van der Waals surface area (Å²) in [5, 5.41) is 0.00936. The first-order chi connectivity index (χ1) is 12.6. The van der Waals surface area contributed by atoms with Crippen molar-refractivity contribution in [1.29, 1.82) is 0 Å². The van der Waals surface area contributed by atoms with Crippen LogP contribution in [0.2, 0.25) is 0 Å². The van der Waals surface area contributed by atoms with Gasteiger partial charge in [-0.25, -0.2) is 0 Å². The summed E-state index contributed by atoms with van der Waals surface area (Å²) in [5.74, 6) is -0.812. The fourth-order valence-electron chi connectivity index (χ4n) is 3.21. The Bertz CT molecular complexity index is 826. The van der Waals surface area contributed by atoms with Crippen LogP contribution < -0.4 is 4.74 Å². The van der Waals surface area contributed by atoms with Gasteiger partial charge in [0, 0.05) is 29.7 Å². The summed E-state index contributed by atoms with van der Waals surface area (Å²) in [5.41, 5.74) is 0.539. The van der Waals surface area contributed by atoms with Gasteiger partial charge >= 0.3 is 12.1 Å². The van der Waals surface area contributed by atoms with E-state index in [-0.39, 0.29) is 24.2 Å². The lowest BCUT2D eigenvalue weighted by molar-refractivity contribution is -0.140. The van der Waals surface area contributed by atoms with Gasteiger partial charge in [0.25, 0.3) is 0 Å². The zero-order valence-corrected chi connectivity index (χ0v) is 16.2. The Morgan fingerprint density at radius 1 is 1.26 bits per heavy atom. The van der Waals surface area contributed by atoms with Crippen LogP contribution in [0, 0.1) is 6.92 Å². The summed E-state index contributed by atoms with van der Waals surface area (Å²) in [6.45, 7) is 4.63. The lowest BCUT2D eigenvalue weighted by Crippen LogP contribution is -2.19. The Morgan fingerprint density at radius 2 is 1.93 bits per heavy atom. The third-order valence-corrected chi connectivity index (χ3v) is 4.48.